The van der Waals surface area contributed by atoms with E-state index in [1.807, 2.05) is 42.3 Å². The third kappa shape index (κ3) is 4.27. The Labute approximate surface area is 154 Å². The van der Waals surface area contributed by atoms with Crippen molar-refractivity contribution < 1.29 is 4.42 Å². The van der Waals surface area contributed by atoms with Crippen molar-refractivity contribution >= 4 is 21.9 Å². The number of nitrogens with one attached hydrogen (secondary N) is 2. The van der Waals surface area contributed by atoms with Crippen molar-refractivity contribution in [3.8, 4) is 11.6 Å². The van der Waals surface area contributed by atoms with Gasteiger partial charge >= 0.3 is 0 Å². The number of aromatic amines is 1. The first-order valence-electron chi connectivity index (χ1n) is 7.77. The van der Waals surface area contributed by atoms with Gasteiger partial charge in [-0.05, 0) is 23.8 Å². The molecule has 25 heavy (non-hydrogen) atoms. The second-order valence-electron chi connectivity index (χ2n) is 5.43. The standard InChI is InChI=1S/C17H19BrN6O/c1-19-17(24(2)11-12-6-3-4-7-13(12)18)20-10-15-21-16(23-22-15)14-8-5-9-25-14/h3-9H,10-11H2,1-2H3,(H,19,20)(H,21,22,23). The van der Waals surface area contributed by atoms with Crippen LogP contribution in [0.5, 0.6) is 0 Å². The van der Waals surface area contributed by atoms with Crippen molar-refractivity contribution in [3.63, 3.8) is 0 Å². The van der Waals surface area contributed by atoms with Crippen LogP contribution in [0.1, 0.15) is 11.4 Å². The van der Waals surface area contributed by atoms with Gasteiger partial charge in [0.15, 0.2) is 11.7 Å². The number of nitrogens with zero attached hydrogens (tertiary/aromatic N) is 4. The minimum Gasteiger partial charge on any atom is -0.461 e. The molecule has 0 unspecified atom stereocenters. The lowest BCUT2D eigenvalue weighted by Crippen LogP contribution is -2.38. The molecule has 0 aliphatic carbocycles. The molecule has 2 N–H and O–H groups in total. The molecule has 2 heterocycles. The van der Waals surface area contributed by atoms with Crippen LogP contribution in [-0.2, 0) is 13.1 Å². The van der Waals surface area contributed by atoms with Gasteiger partial charge < -0.3 is 14.6 Å². The summed E-state index contributed by atoms with van der Waals surface area (Å²) in [6.45, 7) is 1.22. The Morgan fingerprint density at radius 2 is 2.16 bits per heavy atom. The van der Waals surface area contributed by atoms with E-state index < -0.39 is 0 Å². The average molecular weight is 403 g/mol. The molecule has 8 heteroatoms. The van der Waals surface area contributed by atoms with Crippen molar-refractivity contribution in [1.29, 1.82) is 0 Å². The lowest BCUT2D eigenvalue weighted by Gasteiger charge is -2.22. The first kappa shape index (κ1) is 17.2. The minimum absolute atomic E-state index is 0.487. The van der Waals surface area contributed by atoms with Crippen LogP contribution in [0.25, 0.3) is 11.6 Å². The first-order valence-corrected chi connectivity index (χ1v) is 8.57. The maximum atomic E-state index is 5.29. The average Bonchev–Trinajstić information content (AvgIpc) is 3.28. The fourth-order valence-corrected chi connectivity index (χ4v) is 2.81. The van der Waals surface area contributed by atoms with Crippen molar-refractivity contribution in [3.05, 3.63) is 58.5 Å². The van der Waals surface area contributed by atoms with Crippen molar-refractivity contribution in [2.45, 2.75) is 13.1 Å². The SMILES string of the molecule is CN=C(NCc1nc(-c2ccco2)n[nH]1)N(C)Cc1ccccc1Br. The lowest BCUT2D eigenvalue weighted by molar-refractivity contribution is 0.474. The number of H-pyrrole nitrogens is 1. The molecule has 0 aliphatic heterocycles. The molecular weight excluding hydrogens is 384 g/mol. The zero-order valence-corrected chi connectivity index (χ0v) is 15.6. The fourth-order valence-electron chi connectivity index (χ4n) is 2.39. The Morgan fingerprint density at radius 3 is 2.88 bits per heavy atom. The number of rotatable bonds is 5. The van der Waals surface area contributed by atoms with Crippen LogP contribution in [-0.4, -0.2) is 40.1 Å². The zero-order valence-electron chi connectivity index (χ0n) is 14.0. The van der Waals surface area contributed by atoms with Crippen molar-refractivity contribution in [2.24, 2.45) is 4.99 Å². The van der Waals surface area contributed by atoms with E-state index in [4.69, 9.17) is 4.42 Å². The Bertz CT molecular complexity index is 842. The van der Waals surface area contributed by atoms with Gasteiger partial charge in [-0.25, -0.2) is 4.98 Å². The summed E-state index contributed by atoms with van der Waals surface area (Å²) < 4.78 is 6.37. The number of hydrogen-bond donors (Lipinski definition) is 2. The molecule has 0 bridgehead atoms. The van der Waals surface area contributed by atoms with Gasteiger partial charge in [-0.15, -0.1) is 5.10 Å². The van der Waals surface area contributed by atoms with Crippen molar-refractivity contribution in [1.82, 2.24) is 25.4 Å². The highest BCUT2D eigenvalue weighted by Crippen LogP contribution is 2.17. The van der Waals surface area contributed by atoms with Crippen LogP contribution in [0.2, 0.25) is 0 Å². The summed E-state index contributed by atoms with van der Waals surface area (Å²) >= 11 is 3.57. The van der Waals surface area contributed by atoms with E-state index in [-0.39, 0.29) is 0 Å². The maximum absolute atomic E-state index is 5.29. The van der Waals surface area contributed by atoms with E-state index in [1.54, 1.807) is 13.3 Å². The fraction of sp³-hybridized carbons (Fsp3) is 0.235. The van der Waals surface area contributed by atoms with Gasteiger partial charge in [0.2, 0.25) is 5.82 Å². The Balaban J connectivity index is 1.60. The number of halogens is 1. The van der Waals surface area contributed by atoms with Crippen LogP contribution in [0.3, 0.4) is 0 Å². The quantitative estimate of drug-likeness (QED) is 0.506. The second kappa shape index (κ2) is 7.98. The largest absolute Gasteiger partial charge is 0.461 e. The predicted molar refractivity (Wildman–Crippen MR) is 99.9 cm³/mol. The number of hydrogen-bond acceptors (Lipinski definition) is 4. The van der Waals surface area contributed by atoms with Gasteiger partial charge in [0.1, 0.15) is 5.82 Å². The smallest absolute Gasteiger partial charge is 0.216 e. The Kier molecular flexibility index (Phi) is 5.49. The summed E-state index contributed by atoms with van der Waals surface area (Å²) in [6, 6.07) is 11.8. The van der Waals surface area contributed by atoms with Crippen LogP contribution in [0.15, 0.2) is 56.5 Å². The van der Waals surface area contributed by atoms with Gasteiger partial charge in [0, 0.05) is 25.1 Å². The van der Waals surface area contributed by atoms with Gasteiger partial charge in [-0.1, -0.05) is 34.1 Å². The lowest BCUT2D eigenvalue weighted by atomic mass is 10.2. The molecule has 130 valence electrons. The Hall–Kier alpha value is -2.61. The van der Waals surface area contributed by atoms with E-state index in [0.717, 1.165) is 17.0 Å². The number of furan rings is 1. The summed E-state index contributed by atoms with van der Waals surface area (Å²) in [5.41, 5.74) is 1.19. The van der Waals surface area contributed by atoms with Crippen LogP contribution >= 0.6 is 15.9 Å². The van der Waals surface area contributed by atoms with E-state index in [9.17, 15) is 0 Å². The van der Waals surface area contributed by atoms with Crippen molar-refractivity contribution in [2.75, 3.05) is 14.1 Å². The van der Waals surface area contributed by atoms with E-state index in [2.05, 4.69) is 47.5 Å². The van der Waals surface area contributed by atoms with Gasteiger partial charge in [-0.2, -0.15) is 0 Å². The van der Waals surface area contributed by atoms with Crippen LogP contribution in [0, 0.1) is 0 Å². The normalized spacial score (nSPS) is 11.6. The molecule has 7 nitrogen and oxygen atoms in total. The summed E-state index contributed by atoms with van der Waals surface area (Å²) in [5.74, 6) is 2.66. The molecule has 3 rings (SSSR count). The first-order chi connectivity index (χ1) is 12.2. The summed E-state index contributed by atoms with van der Waals surface area (Å²) in [7, 11) is 3.75. The van der Waals surface area contributed by atoms with E-state index in [1.165, 1.54) is 5.56 Å². The molecule has 0 radical (unpaired) electrons. The topological polar surface area (TPSA) is 82.3 Å². The highest BCUT2D eigenvalue weighted by molar-refractivity contribution is 9.10. The number of aromatic nitrogens is 3. The molecule has 0 fully saturated rings. The van der Waals surface area contributed by atoms with Crippen LogP contribution in [0.4, 0.5) is 0 Å². The number of guanidine groups is 1. The third-order valence-electron chi connectivity index (χ3n) is 3.63. The number of aliphatic imine (C=N–C) groups is 1. The molecule has 3 aromatic rings. The van der Waals surface area contributed by atoms with E-state index in [0.29, 0.717) is 24.0 Å². The summed E-state index contributed by atoms with van der Waals surface area (Å²) in [4.78, 5) is 10.8. The molecule has 0 saturated carbocycles. The summed E-state index contributed by atoms with van der Waals surface area (Å²) in [6.07, 6.45) is 1.60. The van der Waals surface area contributed by atoms with Gasteiger partial charge in [0.25, 0.3) is 0 Å². The highest BCUT2D eigenvalue weighted by atomic mass is 79.9. The van der Waals surface area contributed by atoms with Gasteiger partial charge in [0.05, 0.1) is 12.8 Å². The minimum atomic E-state index is 0.487. The third-order valence-corrected chi connectivity index (χ3v) is 4.40. The maximum Gasteiger partial charge on any atom is 0.216 e. The molecule has 0 amide bonds. The molecule has 1 aromatic carbocycles. The molecule has 0 saturated heterocycles. The van der Waals surface area contributed by atoms with Gasteiger partial charge in [-0.3, -0.25) is 10.1 Å². The molecule has 2 aromatic heterocycles. The monoisotopic (exact) mass is 402 g/mol. The zero-order chi connectivity index (χ0) is 17.6. The molecular formula is C17H19BrN6O. The van der Waals surface area contributed by atoms with E-state index >= 15 is 0 Å². The summed E-state index contributed by atoms with van der Waals surface area (Å²) in [5, 5.41) is 10.3. The Morgan fingerprint density at radius 1 is 1.32 bits per heavy atom. The molecule has 0 aliphatic rings. The molecule has 0 spiro atoms. The number of benzene rings is 1. The predicted octanol–water partition coefficient (Wildman–Crippen LogP) is 3.03. The second-order valence-corrected chi connectivity index (χ2v) is 6.29. The molecule has 0 atom stereocenters. The van der Waals surface area contributed by atoms with Crippen LogP contribution < -0.4 is 5.32 Å². The highest BCUT2D eigenvalue weighted by Gasteiger charge is 2.11.